The maximum Gasteiger partial charge on any atom is 0.0314 e. The molecule has 0 aromatic carbocycles. The Morgan fingerprint density at radius 3 is 1.89 bits per heavy atom. The third-order valence-electron chi connectivity index (χ3n) is 1.15. The molecule has 0 fully saturated rings. The molecule has 0 atom stereocenters. The molecule has 0 aliphatic carbocycles. The second-order valence-electron chi connectivity index (χ2n) is 2.11. The first-order valence-electron chi connectivity index (χ1n) is 3.18. The molecule has 0 saturated carbocycles. The van der Waals surface area contributed by atoms with Gasteiger partial charge in [0, 0.05) is 19.8 Å². The van der Waals surface area contributed by atoms with Gasteiger partial charge in [0.15, 0.2) is 0 Å². The van der Waals surface area contributed by atoms with Crippen molar-refractivity contribution in [3.8, 4) is 0 Å². The van der Waals surface area contributed by atoms with Crippen molar-refractivity contribution in [1.82, 2.24) is 4.90 Å². The van der Waals surface area contributed by atoms with Gasteiger partial charge in [-0.1, -0.05) is 12.2 Å². The lowest BCUT2D eigenvalue weighted by molar-refractivity contribution is 0.529. The van der Waals surface area contributed by atoms with Crippen LogP contribution >= 0.6 is 0 Å². The summed E-state index contributed by atoms with van der Waals surface area (Å²) in [6.45, 7) is 4.06. The molecule has 0 N–H and O–H groups in total. The Bertz CT molecular complexity index is 121. The molecule has 0 unspecified atom stereocenters. The normalized spacial score (nSPS) is 12.7. The fraction of sp³-hybridized carbons (Fsp3) is 0.500. The molecular weight excluding hydrogens is 110 g/mol. The minimum absolute atomic E-state index is 1.25. The second kappa shape index (κ2) is 4.19. The van der Waals surface area contributed by atoms with Crippen molar-refractivity contribution in [3.05, 3.63) is 23.9 Å². The van der Waals surface area contributed by atoms with Crippen molar-refractivity contribution >= 4 is 0 Å². The van der Waals surface area contributed by atoms with E-state index in [1.54, 1.807) is 0 Å². The van der Waals surface area contributed by atoms with Crippen molar-refractivity contribution in [2.75, 3.05) is 14.1 Å². The Balaban J connectivity index is 4.01. The van der Waals surface area contributed by atoms with Crippen LogP contribution in [0.15, 0.2) is 23.9 Å². The third-order valence-corrected chi connectivity index (χ3v) is 1.15. The van der Waals surface area contributed by atoms with Gasteiger partial charge < -0.3 is 4.90 Å². The van der Waals surface area contributed by atoms with Crippen LogP contribution in [0.1, 0.15) is 13.8 Å². The van der Waals surface area contributed by atoms with Crippen LogP contribution in [0.2, 0.25) is 0 Å². The van der Waals surface area contributed by atoms with E-state index in [0.29, 0.717) is 0 Å². The monoisotopic (exact) mass is 125 g/mol. The van der Waals surface area contributed by atoms with Crippen molar-refractivity contribution < 1.29 is 0 Å². The average Bonchev–Trinajstić information content (AvgIpc) is 1.82. The van der Waals surface area contributed by atoms with Gasteiger partial charge in [-0.25, -0.2) is 0 Å². The predicted octanol–water partition coefficient (Wildman–Crippen LogP) is 2.03. The first-order valence-corrected chi connectivity index (χ1v) is 3.18. The van der Waals surface area contributed by atoms with Gasteiger partial charge in [-0.05, 0) is 19.9 Å². The number of hydrogen-bond acceptors (Lipinski definition) is 1. The fourth-order valence-electron chi connectivity index (χ4n) is 0.674. The van der Waals surface area contributed by atoms with Crippen LogP contribution in [0, 0.1) is 0 Å². The molecule has 0 heterocycles. The Kier molecular flexibility index (Phi) is 3.85. The van der Waals surface area contributed by atoms with Crippen LogP contribution in [0.3, 0.4) is 0 Å². The first-order chi connectivity index (χ1) is 4.22. The topological polar surface area (TPSA) is 3.24 Å². The molecule has 0 aliphatic heterocycles. The molecule has 0 amide bonds. The summed E-state index contributed by atoms with van der Waals surface area (Å²) in [6.07, 6.45) is 6.20. The van der Waals surface area contributed by atoms with Gasteiger partial charge in [0.2, 0.25) is 0 Å². The van der Waals surface area contributed by atoms with E-state index in [1.807, 2.05) is 34.0 Å². The highest BCUT2D eigenvalue weighted by Gasteiger charge is 1.88. The van der Waals surface area contributed by atoms with Gasteiger partial charge in [-0.15, -0.1) is 0 Å². The number of allylic oxidation sites excluding steroid dienone is 3. The Hall–Kier alpha value is -0.720. The van der Waals surface area contributed by atoms with Crippen molar-refractivity contribution in [1.29, 1.82) is 0 Å². The lowest BCUT2D eigenvalue weighted by atomic mass is 10.3. The fourth-order valence-corrected chi connectivity index (χ4v) is 0.674. The van der Waals surface area contributed by atoms with Crippen molar-refractivity contribution in [3.63, 3.8) is 0 Å². The minimum atomic E-state index is 1.25. The van der Waals surface area contributed by atoms with Gasteiger partial charge in [0.05, 0.1) is 0 Å². The highest BCUT2D eigenvalue weighted by Crippen LogP contribution is 1.98. The highest BCUT2D eigenvalue weighted by atomic mass is 15.1. The number of likely N-dealkylation sites (N-methyl/N-ethyl adjacent to an activating group) is 1. The SMILES string of the molecule is CC=CC(=CC)N(C)C. The molecule has 0 spiro atoms. The van der Waals surface area contributed by atoms with E-state index < -0.39 is 0 Å². The van der Waals surface area contributed by atoms with Gasteiger partial charge in [0.1, 0.15) is 0 Å². The Morgan fingerprint density at radius 2 is 1.78 bits per heavy atom. The third kappa shape index (κ3) is 2.96. The molecular formula is C8H15N. The van der Waals surface area contributed by atoms with Crippen LogP contribution < -0.4 is 0 Å². The van der Waals surface area contributed by atoms with Gasteiger partial charge in [0.25, 0.3) is 0 Å². The Labute approximate surface area is 57.7 Å². The highest BCUT2D eigenvalue weighted by molar-refractivity contribution is 5.14. The van der Waals surface area contributed by atoms with E-state index in [0.717, 1.165) is 0 Å². The van der Waals surface area contributed by atoms with E-state index in [1.165, 1.54) is 5.70 Å². The quantitative estimate of drug-likeness (QED) is 0.510. The molecule has 0 aromatic rings. The van der Waals surface area contributed by atoms with E-state index in [4.69, 9.17) is 0 Å². The molecule has 0 radical (unpaired) electrons. The maximum absolute atomic E-state index is 2.08. The summed E-state index contributed by atoms with van der Waals surface area (Å²) < 4.78 is 0. The summed E-state index contributed by atoms with van der Waals surface area (Å²) in [5.41, 5.74) is 1.25. The first kappa shape index (κ1) is 8.28. The second-order valence-corrected chi connectivity index (χ2v) is 2.11. The number of hydrogen-bond donors (Lipinski definition) is 0. The zero-order valence-electron chi connectivity index (χ0n) is 6.68. The van der Waals surface area contributed by atoms with Gasteiger partial charge >= 0.3 is 0 Å². The predicted molar refractivity (Wildman–Crippen MR) is 42.3 cm³/mol. The molecule has 52 valence electrons. The standard InChI is InChI=1S/C8H15N/c1-5-7-8(6-2)9(3)4/h5-7H,1-4H3. The summed E-state index contributed by atoms with van der Waals surface area (Å²) in [5, 5.41) is 0. The largest absolute Gasteiger partial charge is 0.378 e. The molecule has 0 aromatic heterocycles. The van der Waals surface area contributed by atoms with Crippen LogP contribution in [0.25, 0.3) is 0 Å². The van der Waals surface area contributed by atoms with Crippen LogP contribution in [0.4, 0.5) is 0 Å². The lowest BCUT2D eigenvalue weighted by Gasteiger charge is -2.11. The number of rotatable bonds is 2. The van der Waals surface area contributed by atoms with Crippen molar-refractivity contribution in [2.45, 2.75) is 13.8 Å². The summed E-state index contributed by atoms with van der Waals surface area (Å²) >= 11 is 0. The molecule has 0 saturated heterocycles. The average molecular weight is 125 g/mol. The van der Waals surface area contributed by atoms with E-state index in [9.17, 15) is 0 Å². The lowest BCUT2D eigenvalue weighted by Crippen LogP contribution is -2.08. The summed E-state index contributed by atoms with van der Waals surface area (Å²) in [7, 11) is 4.07. The van der Waals surface area contributed by atoms with Crippen LogP contribution in [0.5, 0.6) is 0 Å². The minimum Gasteiger partial charge on any atom is -0.378 e. The van der Waals surface area contributed by atoms with Crippen LogP contribution in [-0.4, -0.2) is 19.0 Å². The van der Waals surface area contributed by atoms with E-state index in [2.05, 4.69) is 17.1 Å². The molecule has 1 nitrogen and oxygen atoms in total. The van der Waals surface area contributed by atoms with Gasteiger partial charge in [-0.2, -0.15) is 0 Å². The summed E-state index contributed by atoms with van der Waals surface area (Å²) in [5.74, 6) is 0. The van der Waals surface area contributed by atoms with Gasteiger partial charge in [-0.3, -0.25) is 0 Å². The smallest absolute Gasteiger partial charge is 0.0314 e. The molecule has 1 heteroatoms. The van der Waals surface area contributed by atoms with E-state index in [-0.39, 0.29) is 0 Å². The van der Waals surface area contributed by atoms with Crippen LogP contribution in [-0.2, 0) is 0 Å². The maximum atomic E-state index is 2.08. The van der Waals surface area contributed by atoms with E-state index >= 15 is 0 Å². The molecule has 0 rings (SSSR count). The number of nitrogens with zero attached hydrogens (tertiary/aromatic N) is 1. The van der Waals surface area contributed by atoms with Crippen molar-refractivity contribution in [2.24, 2.45) is 0 Å². The summed E-state index contributed by atoms with van der Waals surface area (Å²) in [6, 6.07) is 0. The Morgan fingerprint density at radius 1 is 1.22 bits per heavy atom. The molecule has 9 heavy (non-hydrogen) atoms. The molecule has 0 bridgehead atoms. The molecule has 0 aliphatic rings. The zero-order chi connectivity index (χ0) is 7.28. The zero-order valence-corrected chi connectivity index (χ0v) is 6.68. The summed E-state index contributed by atoms with van der Waals surface area (Å²) in [4.78, 5) is 2.08.